The first-order chi connectivity index (χ1) is 7.64. The highest BCUT2D eigenvalue weighted by molar-refractivity contribution is 4.98. The van der Waals surface area contributed by atoms with E-state index in [1.54, 1.807) is 0 Å². The number of methoxy groups -OCH3 is 1. The van der Waals surface area contributed by atoms with Gasteiger partial charge < -0.3 is 10.1 Å². The largest absolute Gasteiger partial charge is 0.377 e. The van der Waals surface area contributed by atoms with E-state index in [1.807, 2.05) is 7.11 Å². The molecular formula is C14H27NO. The lowest BCUT2D eigenvalue weighted by atomic mass is 9.77. The molecule has 0 saturated heterocycles. The molecule has 16 heavy (non-hydrogen) atoms. The Kier molecular flexibility index (Phi) is 5.50. The van der Waals surface area contributed by atoms with Gasteiger partial charge in [0.25, 0.3) is 0 Å². The highest BCUT2D eigenvalue weighted by Crippen LogP contribution is 2.35. The second-order valence-corrected chi connectivity index (χ2v) is 5.17. The van der Waals surface area contributed by atoms with Crippen molar-refractivity contribution in [3.63, 3.8) is 0 Å². The summed E-state index contributed by atoms with van der Waals surface area (Å²) in [5.41, 5.74) is 1.34. The first kappa shape index (κ1) is 13.7. The van der Waals surface area contributed by atoms with Gasteiger partial charge in [0, 0.05) is 13.2 Å². The van der Waals surface area contributed by atoms with Crippen molar-refractivity contribution in [2.45, 2.75) is 63.5 Å². The molecule has 1 saturated carbocycles. The molecular weight excluding hydrogens is 198 g/mol. The maximum Gasteiger partial charge on any atom is 0.0830 e. The van der Waals surface area contributed by atoms with E-state index < -0.39 is 0 Å². The minimum Gasteiger partial charge on any atom is -0.377 e. The summed E-state index contributed by atoms with van der Waals surface area (Å²) in [5, 5.41) is 3.45. The fourth-order valence-electron chi connectivity index (χ4n) is 2.91. The summed E-state index contributed by atoms with van der Waals surface area (Å²) in [6.07, 6.45) is 8.60. The van der Waals surface area contributed by atoms with Crippen LogP contribution in [0.3, 0.4) is 0 Å². The van der Waals surface area contributed by atoms with Crippen molar-refractivity contribution in [1.82, 2.24) is 5.32 Å². The van der Waals surface area contributed by atoms with Crippen molar-refractivity contribution >= 4 is 0 Å². The van der Waals surface area contributed by atoms with Crippen LogP contribution in [0.4, 0.5) is 0 Å². The van der Waals surface area contributed by atoms with Crippen LogP contribution in [0.15, 0.2) is 12.2 Å². The van der Waals surface area contributed by atoms with Crippen molar-refractivity contribution in [3.8, 4) is 0 Å². The van der Waals surface area contributed by atoms with Crippen LogP contribution in [0.2, 0.25) is 0 Å². The molecule has 0 spiro atoms. The Labute approximate surface area is 100 Å². The molecule has 1 unspecified atom stereocenters. The van der Waals surface area contributed by atoms with Gasteiger partial charge in [-0.2, -0.15) is 0 Å². The van der Waals surface area contributed by atoms with Crippen molar-refractivity contribution in [1.29, 1.82) is 0 Å². The van der Waals surface area contributed by atoms with E-state index in [4.69, 9.17) is 4.74 Å². The highest BCUT2D eigenvalue weighted by Gasteiger charge is 2.38. The molecule has 0 aliphatic heterocycles. The van der Waals surface area contributed by atoms with E-state index in [0.29, 0.717) is 6.04 Å². The molecule has 2 heteroatoms. The third-order valence-electron chi connectivity index (χ3n) is 3.95. The van der Waals surface area contributed by atoms with Crippen LogP contribution in [-0.4, -0.2) is 25.8 Å². The molecule has 0 aromatic carbocycles. The molecule has 1 N–H and O–H groups in total. The predicted molar refractivity (Wildman–Crippen MR) is 69.7 cm³/mol. The maximum absolute atomic E-state index is 5.87. The van der Waals surface area contributed by atoms with Crippen molar-refractivity contribution in [3.05, 3.63) is 12.2 Å². The Morgan fingerprint density at radius 2 is 2.00 bits per heavy atom. The minimum atomic E-state index is 0.0719. The summed E-state index contributed by atoms with van der Waals surface area (Å²) >= 11 is 0. The Morgan fingerprint density at radius 1 is 1.38 bits per heavy atom. The number of rotatable bonds is 6. The van der Waals surface area contributed by atoms with Gasteiger partial charge in [-0.25, -0.2) is 0 Å². The van der Waals surface area contributed by atoms with E-state index in [0.717, 1.165) is 12.8 Å². The van der Waals surface area contributed by atoms with Crippen molar-refractivity contribution in [2.75, 3.05) is 14.2 Å². The summed E-state index contributed by atoms with van der Waals surface area (Å²) in [6, 6.07) is 0.467. The van der Waals surface area contributed by atoms with Gasteiger partial charge in [-0.15, -0.1) is 6.58 Å². The van der Waals surface area contributed by atoms with Gasteiger partial charge in [0.2, 0.25) is 0 Å². The molecule has 1 fully saturated rings. The summed E-state index contributed by atoms with van der Waals surface area (Å²) in [5.74, 6) is 0. The van der Waals surface area contributed by atoms with Crippen LogP contribution in [0.1, 0.15) is 51.9 Å². The minimum absolute atomic E-state index is 0.0719. The number of likely N-dealkylation sites (N-methyl/N-ethyl adjacent to an activating group) is 1. The molecule has 0 aromatic heterocycles. The molecule has 1 rings (SSSR count). The molecule has 2 nitrogen and oxygen atoms in total. The monoisotopic (exact) mass is 225 g/mol. The molecule has 94 valence electrons. The van der Waals surface area contributed by atoms with Gasteiger partial charge >= 0.3 is 0 Å². The Morgan fingerprint density at radius 3 is 2.44 bits per heavy atom. The van der Waals surface area contributed by atoms with Crippen LogP contribution in [0.25, 0.3) is 0 Å². The average molecular weight is 225 g/mol. The zero-order chi connectivity index (χ0) is 12.0. The van der Waals surface area contributed by atoms with Crippen LogP contribution in [0, 0.1) is 0 Å². The zero-order valence-corrected chi connectivity index (χ0v) is 11.1. The second kappa shape index (κ2) is 6.41. The second-order valence-electron chi connectivity index (χ2n) is 5.17. The Balaban J connectivity index is 2.62. The summed E-state index contributed by atoms with van der Waals surface area (Å²) in [6.45, 7) is 6.09. The SMILES string of the molecule is C=C(C)CCC(NC)C1(OC)CCCCC1. The molecule has 0 heterocycles. The lowest BCUT2D eigenvalue weighted by Gasteiger charge is -2.42. The normalized spacial score (nSPS) is 21.7. The van der Waals surface area contributed by atoms with Gasteiger partial charge in [-0.1, -0.05) is 24.8 Å². The Bertz CT molecular complexity index is 219. The molecule has 0 radical (unpaired) electrons. The van der Waals surface area contributed by atoms with Crippen LogP contribution >= 0.6 is 0 Å². The number of nitrogens with one attached hydrogen (secondary N) is 1. The molecule has 0 bridgehead atoms. The van der Waals surface area contributed by atoms with E-state index >= 15 is 0 Å². The van der Waals surface area contributed by atoms with Crippen LogP contribution in [-0.2, 0) is 4.74 Å². The molecule has 1 atom stereocenters. The van der Waals surface area contributed by atoms with Gasteiger partial charge in [0.15, 0.2) is 0 Å². The van der Waals surface area contributed by atoms with Gasteiger partial charge in [0.05, 0.1) is 5.60 Å². The lowest BCUT2D eigenvalue weighted by Crippen LogP contribution is -2.52. The standard InChI is InChI=1S/C14H27NO/c1-12(2)8-9-13(15-3)14(16-4)10-6-5-7-11-14/h13,15H,1,5-11H2,2-4H3. The van der Waals surface area contributed by atoms with E-state index in [9.17, 15) is 0 Å². The van der Waals surface area contributed by atoms with Crippen molar-refractivity contribution < 1.29 is 4.74 Å². The quantitative estimate of drug-likeness (QED) is 0.700. The summed E-state index contributed by atoms with van der Waals surface area (Å²) < 4.78 is 5.87. The molecule has 1 aliphatic carbocycles. The number of hydrogen-bond donors (Lipinski definition) is 1. The fourth-order valence-corrected chi connectivity index (χ4v) is 2.91. The number of ether oxygens (including phenoxy) is 1. The van der Waals surface area contributed by atoms with Gasteiger partial charge in [0.1, 0.15) is 0 Å². The zero-order valence-electron chi connectivity index (χ0n) is 11.1. The van der Waals surface area contributed by atoms with Crippen molar-refractivity contribution in [2.24, 2.45) is 0 Å². The average Bonchev–Trinajstić information content (AvgIpc) is 2.30. The smallest absolute Gasteiger partial charge is 0.0830 e. The molecule has 0 amide bonds. The van der Waals surface area contributed by atoms with Gasteiger partial charge in [-0.05, 0) is 39.7 Å². The summed E-state index contributed by atoms with van der Waals surface area (Å²) in [4.78, 5) is 0. The van der Waals surface area contributed by atoms with E-state index in [1.165, 1.54) is 37.7 Å². The highest BCUT2D eigenvalue weighted by atomic mass is 16.5. The number of allylic oxidation sites excluding steroid dienone is 1. The number of hydrogen-bond acceptors (Lipinski definition) is 2. The van der Waals surface area contributed by atoms with Crippen LogP contribution in [0.5, 0.6) is 0 Å². The fraction of sp³-hybridized carbons (Fsp3) is 0.857. The van der Waals surface area contributed by atoms with Gasteiger partial charge in [-0.3, -0.25) is 0 Å². The Hall–Kier alpha value is -0.340. The van der Waals surface area contributed by atoms with Crippen LogP contribution < -0.4 is 5.32 Å². The summed E-state index contributed by atoms with van der Waals surface area (Å²) in [7, 11) is 3.93. The maximum atomic E-state index is 5.87. The first-order valence-electron chi connectivity index (χ1n) is 6.51. The third-order valence-corrected chi connectivity index (χ3v) is 3.95. The third kappa shape index (κ3) is 3.33. The first-order valence-corrected chi connectivity index (χ1v) is 6.51. The topological polar surface area (TPSA) is 21.3 Å². The molecule has 1 aliphatic rings. The van der Waals surface area contributed by atoms with E-state index in [-0.39, 0.29) is 5.60 Å². The predicted octanol–water partition coefficient (Wildman–Crippen LogP) is 3.28. The van der Waals surface area contributed by atoms with E-state index in [2.05, 4.69) is 25.9 Å². The lowest BCUT2D eigenvalue weighted by molar-refractivity contribution is -0.0675. The molecule has 0 aromatic rings.